The Morgan fingerprint density at radius 3 is 2.57 bits per heavy atom. The average molecular weight is 405 g/mol. The molecule has 1 atom stereocenters. The summed E-state index contributed by atoms with van der Waals surface area (Å²) in [4.78, 5) is 38.7. The Balaban J connectivity index is 1.70. The number of aromatic nitrogens is 3. The van der Waals surface area contributed by atoms with Crippen LogP contribution >= 0.6 is 0 Å². The maximum absolute atomic E-state index is 13.9. The minimum Gasteiger partial charge on any atom is -0.617 e. The number of hydroxylamine groups is 2. The molecule has 4 rings (SSSR count). The zero-order valence-corrected chi connectivity index (χ0v) is 16.7. The Kier molecular flexibility index (Phi) is 5.43. The molecule has 8 heteroatoms. The van der Waals surface area contributed by atoms with Crippen LogP contribution in [0.25, 0.3) is 0 Å². The number of imide groups is 1. The maximum atomic E-state index is 13.9. The van der Waals surface area contributed by atoms with Gasteiger partial charge in [-0.25, -0.2) is 19.3 Å². The third kappa shape index (κ3) is 3.62. The van der Waals surface area contributed by atoms with Crippen LogP contribution in [0.15, 0.2) is 54.7 Å². The Hall–Kier alpha value is -3.36. The van der Waals surface area contributed by atoms with Crippen LogP contribution in [-0.2, 0) is 12.8 Å². The number of rotatable bonds is 7. The van der Waals surface area contributed by atoms with Gasteiger partial charge < -0.3 is 5.21 Å². The summed E-state index contributed by atoms with van der Waals surface area (Å²) >= 11 is 0. The first-order valence-electron chi connectivity index (χ1n) is 10.0. The van der Waals surface area contributed by atoms with Crippen LogP contribution in [0.3, 0.4) is 0 Å². The van der Waals surface area contributed by atoms with Gasteiger partial charge in [-0.15, -0.1) is 0 Å². The lowest BCUT2D eigenvalue weighted by Crippen LogP contribution is -2.62. The molecule has 0 aliphatic carbocycles. The van der Waals surface area contributed by atoms with Crippen LogP contribution in [0, 0.1) is 5.21 Å². The van der Waals surface area contributed by atoms with Crippen molar-refractivity contribution in [1.82, 2.24) is 24.5 Å². The number of pyridine rings is 1. The number of carbonyl (C=O) groups is 2. The van der Waals surface area contributed by atoms with E-state index in [0.29, 0.717) is 25.1 Å². The molecule has 2 aromatic heterocycles. The van der Waals surface area contributed by atoms with Crippen molar-refractivity contribution in [1.29, 1.82) is 0 Å². The molecule has 0 radical (unpaired) electrons. The molecule has 3 aromatic rings. The first-order chi connectivity index (χ1) is 14.5. The smallest absolute Gasteiger partial charge is 0.432 e. The van der Waals surface area contributed by atoms with Crippen LogP contribution in [0.1, 0.15) is 40.9 Å². The highest BCUT2D eigenvalue weighted by Gasteiger charge is 2.48. The van der Waals surface area contributed by atoms with Crippen LogP contribution in [0.4, 0.5) is 10.6 Å². The van der Waals surface area contributed by atoms with Crippen molar-refractivity contribution in [2.24, 2.45) is 0 Å². The SMILES string of the molecule is CCCN1C(=O)c2nc(Cc3ccccn3)[nH]c2[N+]([O-])(CCc2ccccc2)C1=O. The number of fused-ring (bicyclic) bond motifs is 1. The molecular formula is C22H23N5O3. The van der Waals surface area contributed by atoms with Gasteiger partial charge in [0.05, 0.1) is 6.54 Å². The molecule has 1 aliphatic rings. The number of hydrogen-bond acceptors (Lipinski definition) is 5. The van der Waals surface area contributed by atoms with Gasteiger partial charge in [0.2, 0.25) is 11.5 Å². The lowest BCUT2D eigenvalue weighted by molar-refractivity contribution is 0.0744. The molecule has 1 N–H and O–H groups in total. The number of nitrogens with zero attached hydrogens (tertiary/aromatic N) is 4. The molecule has 0 bridgehead atoms. The molecule has 3 amide bonds. The van der Waals surface area contributed by atoms with E-state index in [9.17, 15) is 14.8 Å². The fraction of sp³-hybridized carbons (Fsp3) is 0.273. The van der Waals surface area contributed by atoms with E-state index in [1.807, 2.05) is 55.5 Å². The topological polar surface area (TPSA) is 102 Å². The van der Waals surface area contributed by atoms with E-state index in [1.54, 1.807) is 6.20 Å². The highest BCUT2D eigenvalue weighted by Crippen LogP contribution is 2.33. The normalized spacial score (nSPS) is 18.5. The van der Waals surface area contributed by atoms with E-state index in [4.69, 9.17) is 0 Å². The summed E-state index contributed by atoms with van der Waals surface area (Å²) in [7, 11) is 0. The van der Waals surface area contributed by atoms with Crippen molar-refractivity contribution in [2.75, 3.05) is 13.1 Å². The van der Waals surface area contributed by atoms with Crippen molar-refractivity contribution in [2.45, 2.75) is 26.2 Å². The van der Waals surface area contributed by atoms with E-state index in [1.165, 1.54) is 0 Å². The highest BCUT2D eigenvalue weighted by atomic mass is 16.6. The summed E-state index contributed by atoms with van der Waals surface area (Å²) in [6.07, 6.45) is 2.97. The van der Waals surface area contributed by atoms with Gasteiger partial charge in [0.15, 0.2) is 0 Å². The predicted molar refractivity (Wildman–Crippen MR) is 113 cm³/mol. The zero-order valence-electron chi connectivity index (χ0n) is 16.7. The highest BCUT2D eigenvalue weighted by molar-refractivity contribution is 6.13. The largest absolute Gasteiger partial charge is 0.617 e. The van der Waals surface area contributed by atoms with E-state index >= 15 is 0 Å². The maximum Gasteiger partial charge on any atom is 0.432 e. The quantitative estimate of drug-likeness (QED) is 0.479. The molecule has 1 unspecified atom stereocenters. The Morgan fingerprint density at radius 2 is 1.87 bits per heavy atom. The Morgan fingerprint density at radius 1 is 1.10 bits per heavy atom. The second-order valence-electron chi connectivity index (χ2n) is 7.32. The summed E-state index contributed by atoms with van der Waals surface area (Å²) in [5.74, 6) is -0.0693. The molecule has 30 heavy (non-hydrogen) atoms. The molecule has 3 heterocycles. The van der Waals surface area contributed by atoms with Gasteiger partial charge in [0.25, 0.3) is 5.91 Å². The van der Waals surface area contributed by atoms with E-state index in [2.05, 4.69) is 15.0 Å². The second kappa shape index (κ2) is 8.17. The average Bonchev–Trinajstić information content (AvgIpc) is 3.20. The van der Waals surface area contributed by atoms with Crippen LogP contribution in [-0.4, -0.2) is 44.9 Å². The lowest BCUT2D eigenvalue weighted by Gasteiger charge is -2.43. The van der Waals surface area contributed by atoms with Crippen molar-refractivity contribution < 1.29 is 9.59 Å². The summed E-state index contributed by atoms with van der Waals surface area (Å²) < 4.78 is -1.26. The number of imidazole rings is 1. The molecule has 1 aliphatic heterocycles. The first-order valence-corrected chi connectivity index (χ1v) is 10.0. The van der Waals surface area contributed by atoms with Crippen LogP contribution in [0.5, 0.6) is 0 Å². The van der Waals surface area contributed by atoms with Gasteiger partial charge in [-0.3, -0.25) is 14.8 Å². The lowest BCUT2D eigenvalue weighted by atomic mass is 10.1. The second-order valence-corrected chi connectivity index (χ2v) is 7.32. The molecule has 8 nitrogen and oxygen atoms in total. The number of aromatic amines is 1. The summed E-state index contributed by atoms with van der Waals surface area (Å²) in [5, 5.41) is 13.9. The van der Waals surface area contributed by atoms with E-state index < -0.39 is 16.6 Å². The van der Waals surface area contributed by atoms with Crippen LogP contribution < -0.4 is 4.65 Å². The van der Waals surface area contributed by atoms with Crippen molar-refractivity contribution >= 4 is 17.8 Å². The van der Waals surface area contributed by atoms with Crippen molar-refractivity contribution in [3.8, 4) is 0 Å². The predicted octanol–water partition coefficient (Wildman–Crippen LogP) is 3.43. The molecule has 154 valence electrons. The van der Waals surface area contributed by atoms with Gasteiger partial charge in [0.1, 0.15) is 5.82 Å². The minimum absolute atomic E-state index is 0.0132. The van der Waals surface area contributed by atoms with Crippen LogP contribution in [0.2, 0.25) is 0 Å². The third-order valence-electron chi connectivity index (χ3n) is 5.16. The summed E-state index contributed by atoms with van der Waals surface area (Å²) in [6, 6.07) is 14.2. The monoisotopic (exact) mass is 405 g/mol. The Labute approximate surface area is 174 Å². The van der Waals surface area contributed by atoms with E-state index in [0.717, 1.165) is 16.2 Å². The van der Waals surface area contributed by atoms with Gasteiger partial charge in [-0.2, -0.15) is 0 Å². The van der Waals surface area contributed by atoms with Gasteiger partial charge >= 0.3 is 6.03 Å². The zero-order chi connectivity index (χ0) is 21.1. The molecular weight excluding hydrogens is 382 g/mol. The van der Waals surface area contributed by atoms with Gasteiger partial charge in [-0.1, -0.05) is 43.3 Å². The minimum atomic E-state index is -1.26. The third-order valence-corrected chi connectivity index (χ3v) is 5.16. The van der Waals surface area contributed by atoms with E-state index in [-0.39, 0.29) is 24.6 Å². The number of hydrogen-bond donors (Lipinski definition) is 1. The van der Waals surface area contributed by atoms with Gasteiger partial charge in [-0.05, 0) is 24.1 Å². The number of urea groups is 1. The van der Waals surface area contributed by atoms with Crippen molar-refractivity contribution in [3.05, 3.63) is 82.7 Å². The number of H-pyrrole nitrogens is 1. The summed E-state index contributed by atoms with van der Waals surface area (Å²) in [5.41, 5.74) is 1.73. The van der Waals surface area contributed by atoms with Crippen molar-refractivity contribution in [3.63, 3.8) is 0 Å². The molecule has 0 fully saturated rings. The number of benzene rings is 1. The molecule has 1 aromatic carbocycles. The first kappa shape index (κ1) is 19.9. The fourth-order valence-electron chi connectivity index (χ4n) is 3.64. The number of nitrogens with one attached hydrogen (secondary N) is 1. The Bertz CT molecular complexity index is 1050. The molecule has 0 saturated heterocycles. The molecule has 0 spiro atoms. The fourth-order valence-corrected chi connectivity index (χ4v) is 3.64. The molecule has 0 saturated carbocycles. The number of amides is 3. The number of carbonyl (C=O) groups excluding carboxylic acids is 2. The van der Waals surface area contributed by atoms with Gasteiger partial charge in [0, 0.05) is 31.3 Å². The standard InChI is InChI=1S/C22H23N5O3/c1-2-13-26-21(28)19-20(25-18(24-19)15-17-10-6-7-12-23-17)27(30,22(26)29)14-11-16-8-4-3-5-9-16/h3-10,12H,2,11,13-15H2,1H3,(H,24,25). The summed E-state index contributed by atoms with van der Waals surface area (Å²) in [6.45, 7) is 2.03. The number of quaternary nitrogens is 1.